The summed E-state index contributed by atoms with van der Waals surface area (Å²) in [5, 5.41) is 3.18. The van der Waals surface area contributed by atoms with Crippen molar-refractivity contribution in [2.45, 2.75) is 20.4 Å². The first kappa shape index (κ1) is 20.3. The van der Waals surface area contributed by atoms with E-state index in [9.17, 15) is 9.59 Å². The average Bonchev–Trinajstić information content (AvgIpc) is 3.01. The molecule has 1 aliphatic rings. The molecular weight excluding hydrogens is 390 g/mol. The molecule has 0 aliphatic carbocycles. The molecule has 0 fully saturated rings. The van der Waals surface area contributed by atoms with Crippen molar-refractivity contribution >= 4 is 23.1 Å². The molecule has 3 aromatic rings. The van der Waals surface area contributed by atoms with Gasteiger partial charge in [0, 0.05) is 6.20 Å². The van der Waals surface area contributed by atoms with Crippen LogP contribution in [0.1, 0.15) is 23.7 Å². The predicted octanol–water partition coefficient (Wildman–Crippen LogP) is 4.18. The summed E-state index contributed by atoms with van der Waals surface area (Å²) in [5.41, 5.74) is 3.60. The molecule has 0 radical (unpaired) electrons. The van der Waals surface area contributed by atoms with Crippen molar-refractivity contribution in [3.63, 3.8) is 0 Å². The van der Waals surface area contributed by atoms with Crippen LogP contribution in [-0.4, -0.2) is 28.3 Å². The van der Waals surface area contributed by atoms with Crippen LogP contribution >= 0.6 is 0 Å². The second kappa shape index (κ2) is 8.83. The van der Waals surface area contributed by atoms with Crippen LogP contribution in [0.3, 0.4) is 0 Å². The highest BCUT2D eigenvalue weighted by molar-refractivity contribution is 6.36. The van der Waals surface area contributed by atoms with Gasteiger partial charge >= 0.3 is 0 Å². The molecule has 4 rings (SSSR count). The third-order valence-corrected chi connectivity index (χ3v) is 5.00. The minimum Gasteiger partial charge on any atom is -0.492 e. The minimum absolute atomic E-state index is 0.103. The number of aryl methyl sites for hydroxylation is 1. The van der Waals surface area contributed by atoms with Gasteiger partial charge in [0.1, 0.15) is 11.4 Å². The highest BCUT2D eigenvalue weighted by Gasteiger charge is 2.39. The number of rotatable bonds is 7. The molecule has 0 saturated heterocycles. The molecule has 0 unspecified atom stereocenters. The van der Waals surface area contributed by atoms with Crippen LogP contribution in [0.15, 0.2) is 78.6 Å². The van der Waals surface area contributed by atoms with Gasteiger partial charge in [0.05, 0.1) is 30.1 Å². The Hall–Kier alpha value is -3.93. The molecule has 1 aromatic heterocycles. The van der Waals surface area contributed by atoms with Gasteiger partial charge in [0.2, 0.25) is 0 Å². The van der Waals surface area contributed by atoms with Crippen LogP contribution in [0, 0.1) is 6.92 Å². The lowest BCUT2D eigenvalue weighted by atomic mass is 10.0. The topological polar surface area (TPSA) is 71.5 Å². The summed E-state index contributed by atoms with van der Waals surface area (Å²) >= 11 is 0. The maximum absolute atomic E-state index is 13.4. The number of amides is 2. The van der Waals surface area contributed by atoms with Crippen molar-refractivity contribution in [2.75, 3.05) is 11.9 Å². The number of aromatic nitrogens is 1. The van der Waals surface area contributed by atoms with E-state index in [2.05, 4.69) is 10.3 Å². The van der Waals surface area contributed by atoms with E-state index in [0.29, 0.717) is 34.9 Å². The summed E-state index contributed by atoms with van der Waals surface area (Å²) in [6, 6.07) is 20.3. The van der Waals surface area contributed by atoms with Crippen LogP contribution in [-0.2, 0) is 16.1 Å². The summed E-state index contributed by atoms with van der Waals surface area (Å²) < 4.78 is 5.68. The number of nitrogens with one attached hydrogen (secondary N) is 1. The number of pyridine rings is 1. The molecule has 6 nitrogen and oxygen atoms in total. The standard InChI is InChI=1S/C25H23N3O3/c1-3-31-21-10-5-4-9-20(21)27-23-22(18-13-11-17(2)12-14-18)24(29)28(25(23)30)16-19-8-6-7-15-26-19/h4-15,27H,3,16H2,1-2H3. The van der Waals surface area contributed by atoms with Crippen LogP contribution in [0.2, 0.25) is 0 Å². The summed E-state index contributed by atoms with van der Waals surface area (Å²) in [5.74, 6) is -0.127. The van der Waals surface area contributed by atoms with Crippen LogP contribution in [0.5, 0.6) is 5.75 Å². The Balaban J connectivity index is 1.76. The molecule has 6 heteroatoms. The summed E-state index contributed by atoms with van der Waals surface area (Å²) in [6.07, 6.45) is 1.65. The number of imide groups is 1. The number of carbonyl (C=O) groups is 2. The lowest BCUT2D eigenvalue weighted by Crippen LogP contribution is -2.32. The quantitative estimate of drug-likeness (QED) is 0.589. The van der Waals surface area contributed by atoms with Crippen molar-refractivity contribution in [3.05, 3.63) is 95.4 Å². The van der Waals surface area contributed by atoms with Crippen LogP contribution in [0.25, 0.3) is 5.57 Å². The molecule has 0 saturated carbocycles. The SMILES string of the molecule is CCOc1ccccc1NC1=C(c2ccc(C)cc2)C(=O)N(Cc2ccccn2)C1=O. The molecule has 2 amide bonds. The Morgan fingerprint density at radius 1 is 0.935 bits per heavy atom. The minimum atomic E-state index is -0.391. The maximum Gasteiger partial charge on any atom is 0.278 e. The van der Waals surface area contributed by atoms with E-state index in [4.69, 9.17) is 4.74 Å². The molecule has 0 bridgehead atoms. The number of para-hydroxylation sites is 2. The van der Waals surface area contributed by atoms with Crippen molar-refractivity contribution in [3.8, 4) is 5.75 Å². The van der Waals surface area contributed by atoms with Gasteiger partial charge in [-0.05, 0) is 43.7 Å². The van der Waals surface area contributed by atoms with E-state index in [0.717, 1.165) is 5.56 Å². The first-order chi connectivity index (χ1) is 15.1. The number of ether oxygens (including phenoxy) is 1. The molecule has 31 heavy (non-hydrogen) atoms. The molecule has 1 N–H and O–H groups in total. The van der Waals surface area contributed by atoms with E-state index in [1.54, 1.807) is 18.3 Å². The van der Waals surface area contributed by atoms with E-state index in [-0.39, 0.29) is 18.1 Å². The fraction of sp³-hybridized carbons (Fsp3) is 0.160. The lowest BCUT2D eigenvalue weighted by Gasteiger charge is -2.15. The molecule has 0 spiro atoms. The summed E-state index contributed by atoms with van der Waals surface area (Å²) in [4.78, 5) is 32.2. The van der Waals surface area contributed by atoms with E-state index >= 15 is 0 Å². The second-order valence-corrected chi connectivity index (χ2v) is 7.19. The van der Waals surface area contributed by atoms with Gasteiger partial charge in [-0.1, -0.05) is 48.0 Å². The first-order valence-corrected chi connectivity index (χ1v) is 10.1. The maximum atomic E-state index is 13.4. The first-order valence-electron chi connectivity index (χ1n) is 10.1. The molecule has 2 heterocycles. The zero-order valence-corrected chi connectivity index (χ0v) is 17.5. The highest BCUT2D eigenvalue weighted by atomic mass is 16.5. The monoisotopic (exact) mass is 413 g/mol. The number of hydrogen-bond acceptors (Lipinski definition) is 5. The van der Waals surface area contributed by atoms with Gasteiger partial charge in [-0.2, -0.15) is 0 Å². The highest BCUT2D eigenvalue weighted by Crippen LogP contribution is 2.34. The van der Waals surface area contributed by atoms with Gasteiger partial charge in [-0.3, -0.25) is 19.5 Å². The zero-order valence-electron chi connectivity index (χ0n) is 17.5. The number of hydrogen-bond donors (Lipinski definition) is 1. The number of anilines is 1. The summed E-state index contributed by atoms with van der Waals surface area (Å²) in [6.45, 7) is 4.46. The van der Waals surface area contributed by atoms with Gasteiger partial charge in [-0.15, -0.1) is 0 Å². The Labute approximate surface area is 181 Å². The Bertz CT molecular complexity index is 1140. The smallest absolute Gasteiger partial charge is 0.278 e. The molecule has 156 valence electrons. The van der Waals surface area contributed by atoms with Crippen molar-refractivity contribution < 1.29 is 14.3 Å². The number of benzene rings is 2. The van der Waals surface area contributed by atoms with Crippen molar-refractivity contribution in [1.29, 1.82) is 0 Å². The fourth-order valence-electron chi connectivity index (χ4n) is 3.46. The third kappa shape index (κ3) is 4.19. The van der Waals surface area contributed by atoms with Crippen molar-refractivity contribution in [1.82, 2.24) is 9.88 Å². The zero-order chi connectivity index (χ0) is 21.8. The lowest BCUT2D eigenvalue weighted by molar-refractivity contribution is -0.137. The predicted molar refractivity (Wildman–Crippen MR) is 119 cm³/mol. The van der Waals surface area contributed by atoms with Crippen LogP contribution < -0.4 is 10.1 Å². The van der Waals surface area contributed by atoms with E-state index in [1.165, 1.54) is 4.90 Å². The second-order valence-electron chi connectivity index (χ2n) is 7.19. The largest absolute Gasteiger partial charge is 0.492 e. The Kier molecular flexibility index (Phi) is 5.80. The third-order valence-electron chi connectivity index (χ3n) is 5.00. The Morgan fingerprint density at radius 3 is 2.39 bits per heavy atom. The van der Waals surface area contributed by atoms with E-state index in [1.807, 2.05) is 68.4 Å². The van der Waals surface area contributed by atoms with Gasteiger partial charge < -0.3 is 10.1 Å². The average molecular weight is 413 g/mol. The molecule has 2 aromatic carbocycles. The molecule has 1 aliphatic heterocycles. The van der Waals surface area contributed by atoms with Crippen LogP contribution in [0.4, 0.5) is 5.69 Å². The number of carbonyl (C=O) groups excluding carboxylic acids is 2. The number of nitrogens with zero attached hydrogens (tertiary/aromatic N) is 2. The molecule has 0 atom stereocenters. The molecular formula is C25H23N3O3. The normalized spacial score (nSPS) is 13.7. The fourth-order valence-corrected chi connectivity index (χ4v) is 3.46. The van der Waals surface area contributed by atoms with Crippen molar-refractivity contribution in [2.24, 2.45) is 0 Å². The van der Waals surface area contributed by atoms with Gasteiger partial charge in [-0.25, -0.2) is 0 Å². The Morgan fingerprint density at radius 2 is 1.68 bits per heavy atom. The van der Waals surface area contributed by atoms with Gasteiger partial charge in [0.15, 0.2) is 0 Å². The van der Waals surface area contributed by atoms with Gasteiger partial charge in [0.25, 0.3) is 11.8 Å². The van der Waals surface area contributed by atoms with E-state index < -0.39 is 5.91 Å². The summed E-state index contributed by atoms with van der Waals surface area (Å²) in [7, 11) is 0.